The van der Waals surface area contributed by atoms with Crippen LogP contribution in [0.5, 0.6) is 0 Å². The van der Waals surface area contributed by atoms with Crippen molar-refractivity contribution in [1.82, 2.24) is 9.78 Å². The summed E-state index contributed by atoms with van der Waals surface area (Å²) in [5.74, 6) is -0.340. The van der Waals surface area contributed by atoms with Gasteiger partial charge in [0.15, 0.2) is 0 Å². The zero-order valence-corrected chi connectivity index (χ0v) is 11.6. The standard InChI is InChI=1S/C15H17N3O2/c1-4-18-10-12(9-17-18)8-16-14-7-13(15(19)20-3)6-5-11(14)2/h4-7,9-10,16H,1,8H2,2-3H3. The lowest BCUT2D eigenvalue weighted by molar-refractivity contribution is 0.0601. The first-order chi connectivity index (χ1) is 9.63. The molecule has 0 radical (unpaired) electrons. The lowest BCUT2D eigenvalue weighted by Gasteiger charge is -2.10. The van der Waals surface area contributed by atoms with Crippen molar-refractivity contribution in [3.63, 3.8) is 0 Å². The van der Waals surface area contributed by atoms with E-state index in [2.05, 4.69) is 17.0 Å². The molecule has 0 aliphatic carbocycles. The SMILES string of the molecule is C=Cn1cc(CNc2cc(C(=O)OC)ccc2C)cn1. The molecule has 0 fully saturated rings. The fourth-order valence-electron chi connectivity index (χ4n) is 1.82. The summed E-state index contributed by atoms with van der Waals surface area (Å²) in [7, 11) is 1.37. The number of nitrogens with zero attached hydrogens (tertiary/aromatic N) is 2. The topological polar surface area (TPSA) is 56.2 Å². The number of ether oxygens (including phenoxy) is 1. The van der Waals surface area contributed by atoms with E-state index in [4.69, 9.17) is 4.74 Å². The van der Waals surface area contributed by atoms with E-state index in [0.717, 1.165) is 16.8 Å². The molecule has 0 spiro atoms. The van der Waals surface area contributed by atoms with E-state index >= 15 is 0 Å². The van der Waals surface area contributed by atoms with Gasteiger partial charge >= 0.3 is 5.97 Å². The first-order valence-corrected chi connectivity index (χ1v) is 6.22. The molecule has 104 valence electrons. The molecule has 2 aromatic rings. The molecule has 5 nitrogen and oxygen atoms in total. The van der Waals surface area contributed by atoms with Crippen molar-refractivity contribution in [3.05, 3.63) is 53.9 Å². The maximum absolute atomic E-state index is 11.5. The van der Waals surface area contributed by atoms with Crippen molar-refractivity contribution < 1.29 is 9.53 Å². The summed E-state index contributed by atoms with van der Waals surface area (Å²) in [5, 5.41) is 7.40. The molecule has 0 aliphatic rings. The molecule has 0 saturated heterocycles. The van der Waals surface area contributed by atoms with Gasteiger partial charge < -0.3 is 10.1 Å². The number of carbonyl (C=O) groups is 1. The Bertz CT molecular complexity index is 632. The average Bonchev–Trinajstić information content (AvgIpc) is 2.93. The van der Waals surface area contributed by atoms with Gasteiger partial charge in [-0.05, 0) is 24.6 Å². The van der Waals surface area contributed by atoms with E-state index in [0.29, 0.717) is 12.1 Å². The second kappa shape index (κ2) is 6.06. The first kappa shape index (κ1) is 13.9. The van der Waals surface area contributed by atoms with Gasteiger partial charge in [-0.1, -0.05) is 12.6 Å². The third kappa shape index (κ3) is 3.06. The van der Waals surface area contributed by atoms with Gasteiger partial charge in [0.25, 0.3) is 0 Å². The van der Waals surface area contributed by atoms with Crippen LogP contribution in [-0.2, 0) is 11.3 Å². The monoisotopic (exact) mass is 271 g/mol. The molecule has 2 rings (SSSR count). The Morgan fingerprint density at radius 3 is 3.00 bits per heavy atom. The van der Waals surface area contributed by atoms with Crippen molar-refractivity contribution in [2.75, 3.05) is 12.4 Å². The summed E-state index contributed by atoms with van der Waals surface area (Å²) in [6.45, 7) is 6.25. The van der Waals surface area contributed by atoms with E-state index < -0.39 is 0 Å². The summed E-state index contributed by atoms with van der Waals surface area (Å²) < 4.78 is 6.37. The highest BCUT2D eigenvalue weighted by molar-refractivity contribution is 5.90. The lowest BCUT2D eigenvalue weighted by atomic mass is 10.1. The van der Waals surface area contributed by atoms with E-state index in [1.807, 2.05) is 19.2 Å². The number of carbonyl (C=O) groups excluding carboxylic acids is 1. The Kier molecular flexibility index (Phi) is 4.20. The van der Waals surface area contributed by atoms with Crippen LogP contribution in [0, 0.1) is 6.92 Å². The summed E-state index contributed by atoms with van der Waals surface area (Å²) >= 11 is 0. The fourth-order valence-corrected chi connectivity index (χ4v) is 1.82. The Morgan fingerprint density at radius 1 is 1.55 bits per heavy atom. The quantitative estimate of drug-likeness (QED) is 0.849. The number of anilines is 1. The molecule has 0 bridgehead atoms. The zero-order valence-electron chi connectivity index (χ0n) is 11.6. The number of aromatic nitrogens is 2. The van der Waals surface area contributed by atoms with Gasteiger partial charge in [-0.3, -0.25) is 0 Å². The number of methoxy groups -OCH3 is 1. The average molecular weight is 271 g/mol. The number of aryl methyl sites for hydroxylation is 1. The molecular weight excluding hydrogens is 254 g/mol. The Labute approximate surface area is 117 Å². The van der Waals surface area contributed by atoms with Crippen molar-refractivity contribution in [1.29, 1.82) is 0 Å². The highest BCUT2D eigenvalue weighted by Crippen LogP contribution is 2.18. The van der Waals surface area contributed by atoms with Crippen LogP contribution in [0.3, 0.4) is 0 Å². The van der Waals surface area contributed by atoms with Crippen LogP contribution >= 0.6 is 0 Å². The van der Waals surface area contributed by atoms with Crippen LogP contribution in [0.4, 0.5) is 5.69 Å². The summed E-state index contributed by atoms with van der Waals surface area (Å²) in [4.78, 5) is 11.5. The van der Waals surface area contributed by atoms with Crippen LogP contribution < -0.4 is 5.32 Å². The van der Waals surface area contributed by atoms with Gasteiger partial charge in [0.05, 0.1) is 18.9 Å². The van der Waals surface area contributed by atoms with Crippen molar-refractivity contribution in [2.24, 2.45) is 0 Å². The summed E-state index contributed by atoms with van der Waals surface area (Å²) in [5.41, 5.74) is 3.53. The minimum atomic E-state index is -0.340. The normalized spacial score (nSPS) is 10.1. The van der Waals surface area contributed by atoms with Crippen LogP contribution in [0.2, 0.25) is 0 Å². The Morgan fingerprint density at radius 2 is 2.35 bits per heavy atom. The molecule has 1 heterocycles. The summed E-state index contributed by atoms with van der Waals surface area (Å²) in [6, 6.07) is 5.43. The Balaban J connectivity index is 2.12. The molecular formula is C15H17N3O2. The number of hydrogen-bond acceptors (Lipinski definition) is 4. The predicted octanol–water partition coefficient (Wildman–Crippen LogP) is 2.69. The van der Waals surface area contributed by atoms with Crippen molar-refractivity contribution in [3.8, 4) is 0 Å². The van der Waals surface area contributed by atoms with E-state index in [1.165, 1.54) is 7.11 Å². The van der Waals surface area contributed by atoms with E-state index in [9.17, 15) is 4.79 Å². The third-order valence-corrected chi connectivity index (χ3v) is 2.98. The second-order valence-electron chi connectivity index (χ2n) is 4.39. The Hall–Kier alpha value is -2.56. The number of rotatable bonds is 5. The number of hydrogen-bond donors (Lipinski definition) is 1. The minimum absolute atomic E-state index is 0.340. The maximum atomic E-state index is 11.5. The van der Waals surface area contributed by atoms with Crippen molar-refractivity contribution >= 4 is 17.9 Å². The molecule has 1 aromatic carbocycles. The van der Waals surface area contributed by atoms with Crippen molar-refractivity contribution in [2.45, 2.75) is 13.5 Å². The largest absolute Gasteiger partial charge is 0.465 e. The number of esters is 1. The second-order valence-corrected chi connectivity index (χ2v) is 4.39. The van der Waals surface area contributed by atoms with Crippen LogP contribution in [-0.4, -0.2) is 22.9 Å². The fraction of sp³-hybridized carbons (Fsp3) is 0.200. The molecule has 1 aromatic heterocycles. The molecule has 0 saturated carbocycles. The molecule has 0 atom stereocenters. The molecule has 0 unspecified atom stereocenters. The number of benzene rings is 1. The maximum Gasteiger partial charge on any atom is 0.337 e. The van der Waals surface area contributed by atoms with Gasteiger partial charge in [-0.25, -0.2) is 9.48 Å². The van der Waals surface area contributed by atoms with Gasteiger partial charge in [-0.2, -0.15) is 5.10 Å². The molecule has 1 N–H and O–H groups in total. The molecule has 5 heteroatoms. The predicted molar refractivity (Wildman–Crippen MR) is 78.5 cm³/mol. The first-order valence-electron chi connectivity index (χ1n) is 6.22. The van der Waals surface area contributed by atoms with Crippen LogP contribution in [0.25, 0.3) is 6.20 Å². The highest BCUT2D eigenvalue weighted by Gasteiger charge is 2.08. The smallest absolute Gasteiger partial charge is 0.337 e. The zero-order chi connectivity index (χ0) is 14.5. The van der Waals surface area contributed by atoms with E-state index in [1.54, 1.807) is 29.2 Å². The molecule has 0 aliphatic heterocycles. The molecule has 0 amide bonds. The highest BCUT2D eigenvalue weighted by atomic mass is 16.5. The van der Waals surface area contributed by atoms with Crippen LogP contribution in [0.1, 0.15) is 21.5 Å². The number of nitrogens with one attached hydrogen (secondary N) is 1. The van der Waals surface area contributed by atoms with Gasteiger partial charge in [0.1, 0.15) is 0 Å². The van der Waals surface area contributed by atoms with Gasteiger partial charge in [0, 0.05) is 30.2 Å². The lowest BCUT2D eigenvalue weighted by Crippen LogP contribution is -2.05. The third-order valence-electron chi connectivity index (χ3n) is 2.98. The minimum Gasteiger partial charge on any atom is -0.465 e. The summed E-state index contributed by atoms with van der Waals surface area (Å²) in [6.07, 6.45) is 5.29. The van der Waals surface area contributed by atoms with Crippen LogP contribution in [0.15, 0.2) is 37.2 Å². The van der Waals surface area contributed by atoms with Gasteiger partial charge in [0.2, 0.25) is 0 Å². The van der Waals surface area contributed by atoms with Gasteiger partial charge in [-0.15, -0.1) is 0 Å². The molecule has 20 heavy (non-hydrogen) atoms. The van der Waals surface area contributed by atoms with E-state index in [-0.39, 0.29) is 5.97 Å².